The zero-order valence-corrected chi connectivity index (χ0v) is 14.4. The molecular weight excluding hydrogens is 260 g/mol. The van der Waals surface area contributed by atoms with Crippen LogP contribution in [-0.4, -0.2) is 34.8 Å². The molecule has 0 radical (unpaired) electrons. The molecule has 0 spiro atoms. The Bertz CT molecular complexity index is 159. The Morgan fingerprint density at radius 2 is 1.05 bits per heavy atom. The topological polar surface area (TPSA) is 79.7 Å². The molecule has 5 nitrogen and oxygen atoms in total. The molecule has 0 aliphatic rings. The lowest BCUT2D eigenvalue weighted by molar-refractivity contribution is 0.0604. The number of rotatable bonds is 10. The van der Waals surface area contributed by atoms with Gasteiger partial charge in [0.1, 0.15) is 0 Å². The van der Waals surface area contributed by atoms with Gasteiger partial charge in [-0.15, -0.1) is 0 Å². The molecule has 0 rings (SSSR count). The third-order valence-corrected chi connectivity index (χ3v) is 4.81. The summed E-state index contributed by atoms with van der Waals surface area (Å²) in [5.41, 5.74) is 9.78. The van der Waals surface area contributed by atoms with Crippen LogP contribution in [0, 0.1) is 0 Å². The molecule has 0 aliphatic carbocycles. The van der Waals surface area contributed by atoms with Gasteiger partial charge in [-0.1, -0.05) is 27.7 Å². The van der Waals surface area contributed by atoms with Gasteiger partial charge in [0.2, 0.25) is 0 Å². The molecule has 0 fully saturated rings. The molecule has 0 aromatic rings. The van der Waals surface area contributed by atoms with Crippen molar-refractivity contribution in [2.75, 3.05) is 19.8 Å². The van der Waals surface area contributed by atoms with Crippen LogP contribution in [0.1, 0.15) is 53.9 Å². The van der Waals surface area contributed by atoms with Gasteiger partial charge in [0.25, 0.3) is 0 Å². The minimum atomic E-state index is -2.33. The molecule has 6 heteroatoms. The molecular formula is C13H34N2O3Si. The van der Waals surface area contributed by atoms with Crippen molar-refractivity contribution in [1.29, 1.82) is 0 Å². The maximum absolute atomic E-state index is 5.83. The van der Waals surface area contributed by atoms with Crippen molar-refractivity contribution in [2.24, 2.45) is 11.5 Å². The van der Waals surface area contributed by atoms with Crippen molar-refractivity contribution in [3.05, 3.63) is 0 Å². The van der Waals surface area contributed by atoms with Gasteiger partial charge >= 0.3 is 8.80 Å². The summed E-state index contributed by atoms with van der Waals surface area (Å²) in [7, 11) is -2.33. The second kappa shape index (κ2) is 14.4. The summed E-state index contributed by atoms with van der Waals surface area (Å²) in [6.07, 6.45) is 2.87. The van der Waals surface area contributed by atoms with Crippen LogP contribution in [-0.2, 0) is 13.3 Å². The lowest BCUT2D eigenvalue weighted by Gasteiger charge is -2.28. The average molecular weight is 295 g/mol. The SMILES string of the molecule is CC(N)N.CCCO[Si](CC)(OCCC)OCCC. The van der Waals surface area contributed by atoms with E-state index < -0.39 is 8.80 Å². The van der Waals surface area contributed by atoms with Gasteiger partial charge in [0.05, 0.1) is 0 Å². The van der Waals surface area contributed by atoms with E-state index in [1.807, 2.05) is 0 Å². The second-order valence-corrected chi connectivity index (χ2v) is 7.38. The summed E-state index contributed by atoms with van der Waals surface area (Å²) in [6.45, 7) is 12.4. The third-order valence-electron chi connectivity index (χ3n) is 2.01. The number of nitrogens with two attached hydrogens (primary N) is 2. The standard InChI is InChI=1S/C11H26O3Si.C2H8N2/c1-5-9-12-15(8-4,13-10-6-2)14-11-7-3;1-2(3)4/h5-11H2,1-4H3;2H,3-4H2,1H3. The maximum atomic E-state index is 5.83. The second-order valence-electron chi connectivity index (χ2n) is 4.44. The van der Waals surface area contributed by atoms with E-state index in [0.29, 0.717) is 0 Å². The summed E-state index contributed by atoms with van der Waals surface area (Å²) in [5, 5.41) is 0. The third kappa shape index (κ3) is 14.2. The molecule has 0 aliphatic heterocycles. The largest absolute Gasteiger partial charge is 0.500 e. The van der Waals surface area contributed by atoms with Crippen molar-refractivity contribution in [2.45, 2.75) is 66.1 Å². The van der Waals surface area contributed by atoms with Crippen LogP contribution in [0.5, 0.6) is 0 Å². The highest BCUT2D eigenvalue weighted by Gasteiger charge is 2.38. The summed E-state index contributed by atoms with van der Waals surface area (Å²) < 4.78 is 17.5. The molecule has 0 unspecified atom stereocenters. The highest BCUT2D eigenvalue weighted by atomic mass is 28.4. The van der Waals surface area contributed by atoms with Gasteiger partial charge in [-0.3, -0.25) is 0 Å². The fraction of sp³-hybridized carbons (Fsp3) is 1.00. The maximum Gasteiger partial charge on any atom is 0.500 e. The summed E-state index contributed by atoms with van der Waals surface area (Å²) >= 11 is 0. The van der Waals surface area contributed by atoms with Crippen LogP contribution in [0.15, 0.2) is 0 Å². The molecule has 0 heterocycles. The Kier molecular flexibility index (Phi) is 16.2. The van der Waals surface area contributed by atoms with E-state index in [4.69, 9.17) is 24.7 Å². The predicted octanol–water partition coefficient (Wildman–Crippen LogP) is 2.47. The Labute approximate surface area is 120 Å². The first kappa shape index (κ1) is 21.3. The lowest BCUT2D eigenvalue weighted by Crippen LogP contribution is -2.45. The van der Waals surface area contributed by atoms with Gasteiger partial charge < -0.3 is 24.7 Å². The van der Waals surface area contributed by atoms with Crippen molar-refractivity contribution in [1.82, 2.24) is 0 Å². The van der Waals surface area contributed by atoms with E-state index >= 15 is 0 Å². The first-order chi connectivity index (χ1) is 8.97. The number of hydrogen-bond donors (Lipinski definition) is 2. The van der Waals surface area contributed by atoms with Crippen molar-refractivity contribution < 1.29 is 13.3 Å². The minimum Gasteiger partial charge on any atom is -0.373 e. The van der Waals surface area contributed by atoms with Gasteiger partial charge in [0.15, 0.2) is 0 Å². The van der Waals surface area contributed by atoms with Crippen LogP contribution in [0.2, 0.25) is 6.04 Å². The van der Waals surface area contributed by atoms with E-state index in [2.05, 4.69) is 27.7 Å². The number of hydrogen-bond acceptors (Lipinski definition) is 5. The van der Waals surface area contributed by atoms with Gasteiger partial charge in [0, 0.05) is 32.0 Å². The molecule has 0 saturated heterocycles. The quantitative estimate of drug-likeness (QED) is 0.478. The molecule has 118 valence electrons. The molecule has 0 aromatic carbocycles. The van der Waals surface area contributed by atoms with Crippen molar-refractivity contribution in [3.63, 3.8) is 0 Å². The Morgan fingerprint density at radius 3 is 1.21 bits per heavy atom. The first-order valence-corrected chi connectivity index (χ1v) is 9.34. The molecule has 0 bridgehead atoms. The van der Waals surface area contributed by atoms with E-state index in [1.165, 1.54) is 0 Å². The normalized spacial score (nSPS) is 11.4. The Hall–Kier alpha value is 0.0169. The van der Waals surface area contributed by atoms with E-state index in [-0.39, 0.29) is 6.17 Å². The average Bonchev–Trinajstić information content (AvgIpc) is 2.38. The predicted molar refractivity (Wildman–Crippen MR) is 82.8 cm³/mol. The highest BCUT2D eigenvalue weighted by molar-refractivity contribution is 6.60. The first-order valence-electron chi connectivity index (χ1n) is 7.40. The van der Waals surface area contributed by atoms with E-state index in [9.17, 15) is 0 Å². The van der Waals surface area contributed by atoms with Crippen LogP contribution < -0.4 is 11.5 Å². The highest BCUT2D eigenvalue weighted by Crippen LogP contribution is 2.16. The van der Waals surface area contributed by atoms with Gasteiger partial charge in [-0.2, -0.15) is 0 Å². The zero-order valence-electron chi connectivity index (χ0n) is 13.4. The molecule has 0 aromatic heterocycles. The van der Waals surface area contributed by atoms with Crippen LogP contribution in [0.4, 0.5) is 0 Å². The monoisotopic (exact) mass is 294 g/mol. The summed E-state index contributed by atoms with van der Waals surface area (Å²) in [4.78, 5) is 0. The fourth-order valence-corrected chi connectivity index (χ4v) is 3.61. The minimum absolute atomic E-state index is 0.167. The molecule has 4 N–H and O–H groups in total. The van der Waals surface area contributed by atoms with Gasteiger partial charge in [-0.05, 0) is 26.2 Å². The van der Waals surface area contributed by atoms with E-state index in [0.717, 1.165) is 45.1 Å². The Balaban J connectivity index is 0. The van der Waals surface area contributed by atoms with Crippen LogP contribution >= 0.6 is 0 Å². The molecule has 0 atom stereocenters. The molecule has 0 amide bonds. The molecule has 19 heavy (non-hydrogen) atoms. The molecule has 0 saturated carbocycles. The van der Waals surface area contributed by atoms with Crippen molar-refractivity contribution in [3.8, 4) is 0 Å². The van der Waals surface area contributed by atoms with Gasteiger partial charge in [-0.25, -0.2) is 0 Å². The van der Waals surface area contributed by atoms with Crippen LogP contribution in [0.3, 0.4) is 0 Å². The van der Waals surface area contributed by atoms with Crippen LogP contribution in [0.25, 0.3) is 0 Å². The Morgan fingerprint density at radius 1 is 0.789 bits per heavy atom. The smallest absolute Gasteiger partial charge is 0.373 e. The fourth-order valence-electron chi connectivity index (χ4n) is 1.20. The zero-order chi connectivity index (χ0) is 15.1. The summed E-state index contributed by atoms with van der Waals surface area (Å²) in [5.74, 6) is 0. The van der Waals surface area contributed by atoms with Crippen molar-refractivity contribution >= 4 is 8.80 Å². The summed E-state index contributed by atoms with van der Waals surface area (Å²) in [6, 6.07) is 0.868. The lowest BCUT2D eigenvalue weighted by atomic mass is 10.5. The van der Waals surface area contributed by atoms with E-state index in [1.54, 1.807) is 6.92 Å².